The molecule has 0 aliphatic carbocycles. The van der Waals surface area contributed by atoms with Crippen LogP contribution in [-0.2, 0) is 6.54 Å². The molecule has 0 amide bonds. The summed E-state index contributed by atoms with van der Waals surface area (Å²) >= 11 is 0. The zero-order valence-electron chi connectivity index (χ0n) is 7.20. The first-order valence-electron chi connectivity index (χ1n) is 4.47. The molecule has 1 radical (unpaired) electrons. The van der Waals surface area contributed by atoms with Crippen LogP contribution in [0.1, 0.15) is 5.82 Å². The number of hydrogen-bond donors (Lipinski definition) is 1. The topological polar surface area (TPSA) is 29.9 Å². The Labute approximate surface area is 76.4 Å². The zero-order valence-corrected chi connectivity index (χ0v) is 7.20. The molecule has 1 N–H and O–H groups in total. The normalized spacial score (nSPS) is 16.0. The van der Waals surface area contributed by atoms with Gasteiger partial charge in [-0.3, -0.25) is 0 Å². The lowest BCUT2D eigenvalue weighted by molar-refractivity contribution is 0.591. The minimum Gasteiger partial charge on any atom is -0.325 e. The van der Waals surface area contributed by atoms with Crippen molar-refractivity contribution >= 4 is 11.0 Å². The van der Waals surface area contributed by atoms with Crippen molar-refractivity contribution in [3.63, 3.8) is 0 Å². The molecule has 0 fully saturated rings. The van der Waals surface area contributed by atoms with Gasteiger partial charge in [-0.2, -0.15) is 0 Å². The van der Waals surface area contributed by atoms with Crippen LogP contribution in [0.4, 0.5) is 0 Å². The Bertz CT molecular complexity index is 444. The largest absolute Gasteiger partial charge is 0.325 e. The number of hydrogen-bond acceptors (Lipinski definition) is 2. The third kappa shape index (κ3) is 0.971. The number of imidazole rings is 1. The van der Waals surface area contributed by atoms with Crippen LogP contribution < -0.4 is 5.32 Å². The molecule has 65 valence electrons. The summed E-state index contributed by atoms with van der Waals surface area (Å²) in [5, 5.41) is 3.19. The van der Waals surface area contributed by atoms with Gasteiger partial charge in [-0.15, -0.1) is 0 Å². The van der Waals surface area contributed by atoms with E-state index in [0.29, 0.717) is 0 Å². The summed E-state index contributed by atoms with van der Waals surface area (Å²) in [4.78, 5) is 4.50. The lowest BCUT2D eigenvalue weighted by Gasteiger charge is -2.14. The summed E-state index contributed by atoms with van der Waals surface area (Å²) in [6, 6.07) is 8.24. The third-order valence-electron chi connectivity index (χ3n) is 2.39. The second kappa shape index (κ2) is 2.57. The fourth-order valence-electron chi connectivity index (χ4n) is 1.78. The van der Waals surface area contributed by atoms with Gasteiger partial charge in [0.05, 0.1) is 17.6 Å². The molecule has 0 saturated heterocycles. The van der Waals surface area contributed by atoms with E-state index < -0.39 is 0 Å². The zero-order chi connectivity index (χ0) is 8.67. The highest BCUT2D eigenvalue weighted by Crippen LogP contribution is 2.17. The molecule has 2 aromatic rings. The number of fused-ring (bicyclic) bond motifs is 3. The monoisotopic (exact) mass is 172 g/mol. The number of nitrogens with one attached hydrogen (secondary N) is 1. The standard InChI is InChI=1S/C10H10N3/c1-2-4-9-8(3-1)12-10-7-11-5-6-13(9)10/h1-4,7,11H,5-6H2. The quantitative estimate of drug-likeness (QED) is 0.646. The average molecular weight is 172 g/mol. The molecule has 1 aromatic heterocycles. The lowest BCUT2D eigenvalue weighted by atomic mass is 10.3. The van der Waals surface area contributed by atoms with Gasteiger partial charge < -0.3 is 9.88 Å². The Morgan fingerprint density at radius 3 is 3.23 bits per heavy atom. The summed E-state index contributed by atoms with van der Waals surface area (Å²) in [6.07, 6.45) is 0. The first kappa shape index (κ1) is 7.09. The molecule has 3 nitrogen and oxygen atoms in total. The number of rotatable bonds is 0. The predicted molar refractivity (Wildman–Crippen MR) is 51.1 cm³/mol. The molecule has 1 aromatic carbocycles. The SMILES string of the molecule is [CH]1NCCn2c1nc1ccccc12. The summed E-state index contributed by atoms with van der Waals surface area (Å²) in [7, 11) is 0. The maximum Gasteiger partial charge on any atom is 0.129 e. The third-order valence-corrected chi connectivity index (χ3v) is 2.39. The summed E-state index contributed by atoms with van der Waals surface area (Å²) in [6.45, 7) is 3.98. The molecule has 0 unspecified atom stereocenters. The van der Waals surface area contributed by atoms with Crippen LogP contribution in [0.25, 0.3) is 11.0 Å². The Kier molecular flexibility index (Phi) is 1.40. The van der Waals surface area contributed by atoms with Crippen LogP contribution in [0.3, 0.4) is 0 Å². The molecule has 1 aliphatic rings. The number of benzene rings is 1. The number of aromatic nitrogens is 2. The number of para-hydroxylation sites is 2. The predicted octanol–water partition coefficient (Wildman–Crippen LogP) is 1.15. The maximum absolute atomic E-state index is 4.50. The van der Waals surface area contributed by atoms with Crippen LogP contribution in [0.2, 0.25) is 0 Å². The van der Waals surface area contributed by atoms with Crippen molar-refractivity contribution < 1.29 is 0 Å². The molecule has 0 bridgehead atoms. The molecular weight excluding hydrogens is 162 g/mol. The summed E-state index contributed by atoms with van der Waals surface area (Å²) in [5.41, 5.74) is 2.31. The highest BCUT2D eigenvalue weighted by atomic mass is 15.1. The molecule has 3 heteroatoms. The van der Waals surface area contributed by atoms with Gasteiger partial charge in [-0.1, -0.05) is 12.1 Å². The van der Waals surface area contributed by atoms with Crippen molar-refractivity contribution in [3.05, 3.63) is 36.6 Å². The Hall–Kier alpha value is -1.35. The fourth-order valence-corrected chi connectivity index (χ4v) is 1.78. The molecule has 1 aliphatic heterocycles. The van der Waals surface area contributed by atoms with Crippen LogP contribution in [0.5, 0.6) is 0 Å². The molecular formula is C10H10N3. The molecule has 0 saturated carbocycles. The van der Waals surface area contributed by atoms with Crippen LogP contribution in [-0.4, -0.2) is 16.1 Å². The average Bonchev–Trinajstić information content (AvgIpc) is 2.56. The van der Waals surface area contributed by atoms with E-state index in [1.54, 1.807) is 0 Å². The minimum atomic E-state index is 0.993. The van der Waals surface area contributed by atoms with Crippen molar-refractivity contribution in [2.75, 3.05) is 6.54 Å². The molecule has 13 heavy (non-hydrogen) atoms. The van der Waals surface area contributed by atoms with E-state index >= 15 is 0 Å². The van der Waals surface area contributed by atoms with Gasteiger partial charge in [0, 0.05) is 13.1 Å². The number of nitrogens with zero attached hydrogens (tertiary/aromatic N) is 2. The van der Waals surface area contributed by atoms with Crippen molar-refractivity contribution in [2.24, 2.45) is 0 Å². The van der Waals surface area contributed by atoms with E-state index in [1.807, 2.05) is 12.6 Å². The van der Waals surface area contributed by atoms with E-state index in [-0.39, 0.29) is 0 Å². The van der Waals surface area contributed by atoms with Gasteiger partial charge in [0.25, 0.3) is 0 Å². The Morgan fingerprint density at radius 2 is 2.23 bits per heavy atom. The first-order valence-corrected chi connectivity index (χ1v) is 4.47. The van der Waals surface area contributed by atoms with Gasteiger partial charge in [0.2, 0.25) is 0 Å². The fraction of sp³-hybridized carbons (Fsp3) is 0.200. The van der Waals surface area contributed by atoms with Crippen molar-refractivity contribution in [1.29, 1.82) is 0 Å². The van der Waals surface area contributed by atoms with E-state index in [2.05, 4.69) is 33.1 Å². The van der Waals surface area contributed by atoms with Gasteiger partial charge >= 0.3 is 0 Å². The minimum absolute atomic E-state index is 0.993. The van der Waals surface area contributed by atoms with E-state index in [0.717, 1.165) is 24.4 Å². The van der Waals surface area contributed by atoms with E-state index in [4.69, 9.17) is 0 Å². The second-order valence-electron chi connectivity index (χ2n) is 3.21. The lowest BCUT2D eigenvalue weighted by Crippen LogP contribution is -2.26. The highest BCUT2D eigenvalue weighted by molar-refractivity contribution is 5.76. The van der Waals surface area contributed by atoms with Gasteiger partial charge in [-0.25, -0.2) is 4.98 Å². The second-order valence-corrected chi connectivity index (χ2v) is 3.21. The molecule has 0 spiro atoms. The van der Waals surface area contributed by atoms with Gasteiger partial charge in [0.1, 0.15) is 5.82 Å². The summed E-state index contributed by atoms with van der Waals surface area (Å²) in [5.74, 6) is 1.03. The van der Waals surface area contributed by atoms with Crippen LogP contribution in [0.15, 0.2) is 24.3 Å². The first-order chi connectivity index (χ1) is 6.45. The Morgan fingerprint density at radius 1 is 1.31 bits per heavy atom. The highest BCUT2D eigenvalue weighted by Gasteiger charge is 2.12. The van der Waals surface area contributed by atoms with Crippen LogP contribution in [0, 0.1) is 6.54 Å². The molecule has 0 atom stereocenters. The Balaban J connectivity index is 2.34. The van der Waals surface area contributed by atoms with Gasteiger partial charge in [0.15, 0.2) is 0 Å². The van der Waals surface area contributed by atoms with Crippen LogP contribution >= 0.6 is 0 Å². The smallest absolute Gasteiger partial charge is 0.129 e. The van der Waals surface area contributed by atoms with E-state index in [9.17, 15) is 0 Å². The van der Waals surface area contributed by atoms with E-state index in [1.165, 1.54) is 5.52 Å². The molecule has 3 rings (SSSR count). The van der Waals surface area contributed by atoms with Crippen molar-refractivity contribution in [2.45, 2.75) is 6.54 Å². The van der Waals surface area contributed by atoms with Crippen molar-refractivity contribution in [1.82, 2.24) is 14.9 Å². The molecule has 2 heterocycles. The van der Waals surface area contributed by atoms with Crippen molar-refractivity contribution in [3.8, 4) is 0 Å². The maximum atomic E-state index is 4.50. The summed E-state index contributed by atoms with van der Waals surface area (Å²) < 4.78 is 2.24. The van der Waals surface area contributed by atoms with Gasteiger partial charge in [-0.05, 0) is 12.1 Å².